The van der Waals surface area contributed by atoms with Crippen molar-refractivity contribution in [1.29, 1.82) is 0 Å². The molecular formula is C16H21BrN2O2. The van der Waals surface area contributed by atoms with Crippen LogP contribution in [0.1, 0.15) is 38.8 Å². The minimum absolute atomic E-state index is 0.0465. The average molecular weight is 353 g/mol. The van der Waals surface area contributed by atoms with Crippen molar-refractivity contribution in [3.63, 3.8) is 0 Å². The minimum atomic E-state index is -0.246. The number of halogens is 1. The van der Waals surface area contributed by atoms with Crippen LogP contribution in [-0.4, -0.2) is 29.3 Å². The van der Waals surface area contributed by atoms with Crippen molar-refractivity contribution in [2.24, 2.45) is 5.92 Å². The van der Waals surface area contributed by atoms with Gasteiger partial charge in [-0.1, -0.05) is 34.1 Å². The molecule has 0 spiro atoms. The van der Waals surface area contributed by atoms with Gasteiger partial charge in [0.2, 0.25) is 11.8 Å². The van der Waals surface area contributed by atoms with Gasteiger partial charge < -0.3 is 10.2 Å². The zero-order valence-corrected chi connectivity index (χ0v) is 14.2. The molecule has 21 heavy (non-hydrogen) atoms. The standard InChI is InChI=1S/C16H21BrN2O2/c1-10(2)19-9-12(8-15(19)20)16(21)18-11(3)13-6-4-5-7-14(13)17/h4-7,10-12H,8-9H2,1-3H3,(H,18,21). The monoisotopic (exact) mass is 352 g/mol. The van der Waals surface area contributed by atoms with Crippen LogP contribution < -0.4 is 5.32 Å². The predicted molar refractivity (Wildman–Crippen MR) is 85.7 cm³/mol. The number of rotatable bonds is 4. The second kappa shape index (κ2) is 6.60. The zero-order valence-electron chi connectivity index (χ0n) is 12.6. The first-order valence-electron chi connectivity index (χ1n) is 7.24. The summed E-state index contributed by atoms with van der Waals surface area (Å²) in [5, 5.41) is 3.01. The predicted octanol–water partition coefficient (Wildman–Crippen LogP) is 2.88. The van der Waals surface area contributed by atoms with Gasteiger partial charge >= 0.3 is 0 Å². The van der Waals surface area contributed by atoms with Crippen LogP contribution in [0.5, 0.6) is 0 Å². The van der Waals surface area contributed by atoms with Crippen molar-refractivity contribution in [1.82, 2.24) is 10.2 Å². The Kier molecular flexibility index (Phi) is 5.04. The van der Waals surface area contributed by atoms with Gasteiger partial charge in [-0.3, -0.25) is 9.59 Å². The summed E-state index contributed by atoms with van der Waals surface area (Å²) < 4.78 is 0.976. The minimum Gasteiger partial charge on any atom is -0.349 e. The molecule has 2 rings (SSSR count). The first-order valence-corrected chi connectivity index (χ1v) is 8.03. The van der Waals surface area contributed by atoms with E-state index in [0.29, 0.717) is 13.0 Å². The average Bonchev–Trinajstić information content (AvgIpc) is 2.81. The van der Waals surface area contributed by atoms with Gasteiger partial charge in [0.05, 0.1) is 12.0 Å². The summed E-state index contributed by atoms with van der Waals surface area (Å²) in [7, 11) is 0. The van der Waals surface area contributed by atoms with Gasteiger partial charge in [-0.25, -0.2) is 0 Å². The van der Waals surface area contributed by atoms with Gasteiger partial charge in [0, 0.05) is 23.5 Å². The van der Waals surface area contributed by atoms with Gasteiger partial charge in [-0.15, -0.1) is 0 Å². The molecule has 2 amide bonds. The summed E-state index contributed by atoms with van der Waals surface area (Å²) in [5.74, 6) is -0.224. The fraction of sp³-hybridized carbons (Fsp3) is 0.500. The molecule has 1 aromatic rings. The highest BCUT2D eigenvalue weighted by molar-refractivity contribution is 9.10. The summed E-state index contributed by atoms with van der Waals surface area (Å²) in [6, 6.07) is 7.89. The number of benzene rings is 1. The molecule has 0 saturated carbocycles. The van der Waals surface area contributed by atoms with E-state index < -0.39 is 0 Å². The third-order valence-corrected chi connectivity index (χ3v) is 4.61. The summed E-state index contributed by atoms with van der Waals surface area (Å²) in [4.78, 5) is 26.0. The smallest absolute Gasteiger partial charge is 0.225 e. The van der Waals surface area contributed by atoms with E-state index in [1.807, 2.05) is 45.0 Å². The number of hydrogen-bond acceptors (Lipinski definition) is 2. The normalized spacial score (nSPS) is 20.0. The fourth-order valence-electron chi connectivity index (χ4n) is 2.64. The zero-order chi connectivity index (χ0) is 15.6. The molecule has 114 valence electrons. The molecule has 0 radical (unpaired) electrons. The molecule has 0 bridgehead atoms. The molecule has 0 aliphatic carbocycles. The van der Waals surface area contributed by atoms with E-state index in [0.717, 1.165) is 10.0 Å². The Balaban J connectivity index is 1.99. The van der Waals surface area contributed by atoms with E-state index in [1.54, 1.807) is 4.90 Å². The molecule has 4 nitrogen and oxygen atoms in total. The maximum absolute atomic E-state index is 12.3. The molecule has 1 saturated heterocycles. The van der Waals surface area contributed by atoms with Crippen LogP contribution in [-0.2, 0) is 9.59 Å². The fourth-order valence-corrected chi connectivity index (χ4v) is 3.27. The lowest BCUT2D eigenvalue weighted by Crippen LogP contribution is -2.36. The van der Waals surface area contributed by atoms with E-state index in [4.69, 9.17) is 0 Å². The van der Waals surface area contributed by atoms with Crippen molar-refractivity contribution in [3.8, 4) is 0 Å². The Morgan fingerprint density at radius 2 is 2.00 bits per heavy atom. The molecule has 5 heteroatoms. The van der Waals surface area contributed by atoms with E-state index in [2.05, 4.69) is 21.2 Å². The number of carbonyl (C=O) groups excluding carboxylic acids is 2. The maximum atomic E-state index is 12.3. The summed E-state index contributed by atoms with van der Waals surface area (Å²) >= 11 is 3.49. The van der Waals surface area contributed by atoms with Crippen LogP contribution in [0.3, 0.4) is 0 Å². The van der Waals surface area contributed by atoms with E-state index in [-0.39, 0.29) is 29.8 Å². The second-order valence-electron chi connectivity index (χ2n) is 5.79. The first kappa shape index (κ1) is 16.0. The van der Waals surface area contributed by atoms with Gasteiger partial charge in [-0.05, 0) is 32.4 Å². The van der Waals surface area contributed by atoms with Crippen LogP contribution in [0.2, 0.25) is 0 Å². The van der Waals surface area contributed by atoms with Gasteiger partial charge in [0.15, 0.2) is 0 Å². The molecule has 1 aromatic carbocycles. The van der Waals surface area contributed by atoms with Gasteiger partial charge in [0.25, 0.3) is 0 Å². The highest BCUT2D eigenvalue weighted by Crippen LogP contribution is 2.25. The molecule has 1 aliphatic rings. The van der Waals surface area contributed by atoms with E-state index in [9.17, 15) is 9.59 Å². The third kappa shape index (κ3) is 3.64. The number of hydrogen-bond donors (Lipinski definition) is 1. The largest absolute Gasteiger partial charge is 0.349 e. The lowest BCUT2D eigenvalue weighted by molar-refractivity contribution is -0.130. The summed E-state index contributed by atoms with van der Waals surface area (Å²) in [6.45, 7) is 6.42. The maximum Gasteiger partial charge on any atom is 0.225 e. The molecule has 1 aliphatic heterocycles. The number of amides is 2. The van der Waals surface area contributed by atoms with Gasteiger partial charge in [-0.2, -0.15) is 0 Å². The molecule has 0 aromatic heterocycles. The number of likely N-dealkylation sites (tertiary alicyclic amines) is 1. The van der Waals surface area contributed by atoms with E-state index >= 15 is 0 Å². The molecule has 1 N–H and O–H groups in total. The SMILES string of the molecule is CC(NC(=O)C1CC(=O)N(C(C)C)C1)c1ccccc1Br. The van der Waals surface area contributed by atoms with Crippen LogP contribution in [0.25, 0.3) is 0 Å². The Morgan fingerprint density at radius 3 is 2.57 bits per heavy atom. The van der Waals surface area contributed by atoms with Crippen molar-refractivity contribution in [2.75, 3.05) is 6.54 Å². The van der Waals surface area contributed by atoms with Crippen molar-refractivity contribution >= 4 is 27.7 Å². The third-order valence-electron chi connectivity index (χ3n) is 3.88. The lowest BCUT2D eigenvalue weighted by Gasteiger charge is -2.21. The van der Waals surface area contributed by atoms with Crippen molar-refractivity contribution in [2.45, 2.75) is 39.3 Å². The summed E-state index contributed by atoms with van der Waals surface area (Å²) in [6.07, 6.45) is 0.312. The van der Waals surface area contributed by atoms with Crippen LogP contribution in [0.15, 0.2) is 28.7 Å². The molecule has 2 unspecified atom stereocenters. The van der Waals surface area contributed by atoms with E-state index in [1.165, 1.54) is 0 Å². The molecular weight excluding hydrogens is 332 g/mol. The highest BCUT2D eigenvalue weighted by atomic mass is 79.9. The van der Waals surface area contributed by atoms with Crippen molar-refractivity contribution < 1.29 is 9.59 Å². The highest BCUT2D eigenvalue weighted by Gasteiger charge is 2.35. The Morgan fingerprint density at radius 1 is 1.33 bits per heavy atom. The lowest BCUT2D eigenvalue weighted by atomic mass is 10.1. The second-order valence-corrected chi connectivity index (χ2v) is 6.65. The van der Waals surface area contributed by atoms with Gasteiger partial charge in [0.1, 0.15) is 0 Å². The van der Waals surface area contributed by atoms with Crippen LogP contribution in [0.4, 0.5) is 0 Å². The summed E-state index contributed by atoms with van der Waals surface area (Å²) in [5.41, 5.74) is 1.04. The molecule has 1 fully saturated rings. The topological polar surface area (TPSA) is 49.4 Å². The Hall–Kier alpha value is -1.36. The molecule has 1 heterocycles. The number of nitrogens with zero attached hydrogens (tertiary/aromatic N) is 1. The Bertz CT molecular complexity index is 545. The van der Waals surface area contributed by atoms with Crippen LogP contribution in [0, 0.1) is 5.92 Å². The number of carbonyl (C=O) groups is 2. The van der Waals surface area contributed by atoms with Crippen LogP contribution >= 0.6 is 15.9 Å². The first-order chi connectivity index (χ1) is 9.90. The van der Waals surface area contributed by atoms with Crippen molar-refractivity contribution in [3.05, 3.63) is 34.3 Å². The quantitative estimate of drug-likeness (QED) is 0.905. The Labute approximate surface area is 134 Å². The molecule has 2 atom stereocenters. The number of nitrogens with one attached hydrogen (secondary N) is 1.